The van der Waals surface area contributed by atoms with Gasteiger partial charge in [-0.2, -0.15) is 0 Å². The molecule has 0 aliphatic heterocycles. The fraction of sp³-hybridized carbons (Fsp3) is 0.500. The largest absolute Gasteiger partial charge is 0.385 e. The summed E-state index contributed by atoms with van der Waals surface area (Å²) in [6.07, 6.45) is 0. The van der Waals surface area contributed by atoms with Gasteiger partial charge in [0.05, 0.1) is 0 Å². The van der Waals surface area contributed by atoms with Crippen LogP contribution in [0.2, 0.25) is 0 Å². The molecule has 0 aromatic heterocycles. The maximum absolute atomic E-state index is 3.45. The van der Waals surface area contributed by atoms with Gasteiger partial charge in [0.15, 0.2) is 0 Å². The highest BCUT2D eigenvalue weighted by Crippen LogP contribution is 2.14. The van der Waals surface area contributed by atoms with E-state index in [9.17, 15) is 0 Å². The van der Waals surface area contributed by atoms with Crippen molar-refractivity contribution >= 4 is 28.3 Å². The van der Waals surface area contributed by atoms with Crippen molar-refractivity contribution in [3.05, 3.63) is 27.8 Å². The molecule has 1 N–H and O–H groups in total. The average Bonchev–Trinajstić information content (AvgIpc) is 2.16. The Kier molecular flexibility index (Phi) is 4.72. The second kappa shape index (κ2) is 5.59. The van der Waals surface area contributed by atoms with Gasteiger partial charge in [-0.15, -0.1) is 0 Å². The zero-order valence-electron chi connectivity index (χ0n) is 9.05. The van der Waals surface area contributed by atoms with Gasteiger partial charge in [0.2, 0.25) is 0 Å². The number of halogens is 1. The summed E-state index contributed by atoms with van der Waals surface area (Å²) >= 11 is 2.32. The minimum absolute atomic E-state index is 0.717. The van der Waals surface area contributed by atoms with Crippen LogP contribution in [0.5, 0.6) is 0 Å². The highest BCUT2D eigenvalue weighted by molar-refractivity contribution is 14.1. The predicted octanol–water partition coefficient (Wildman–Crippen LogP) is 4.00. The molecule has 0 bridgehead atoms. The number of benzene rings is 1. The quantitative estimate of drug-likeness (QED) is 0.829. The Morgan fingerprint density at radius 2 is 1.71 bits per heavy atom. The lowest BCUT2D eigenvalue weighted by atomic mass is 9.98. The number of hydrogen-bond acceptors (Lipinski definition) is 1. The monoisotopic (exact) mass is 303 g/mol. The number of hydrogen-bond donors (Lipinski definition) is 1. The third-order valence-electron chi connectivity index (χ3n) is 2.61. The fourth-order valence-corrected chi connectivity index (χ4v) is 1.44. The van der Waals surface area contributed by atoms with Gasteiger partial charge >= 0.3 is 0 Å². The van der Waals surface area contributed by atoms with Crippen LogP contribution < -0.4 is 5.32 Å². The molecule has 14 heavy (non-hydrogen) atoms. The van der Waals surface area contributed by atoms with E-state index in [1.807, 2.05) is 0 Å². The normalized spacial score (nSPS) is 12.9. The van der Waals surface area contributed by atoms with E-state index in [2.05, 4.69) is 72.9 Å². The summed E-state index contributed by atoms with van der Waals surface area (Å²) in [6.45, 7) is 7.86. The molecule has 0 saturated heterocycles. The molecule has 1 aromatic rings. The van der Waals surface area contributed by atoms with E-state index >= 15 is 0 Å². The van der Waals surface area contributed by atoms with Gasteiger partial charge in [0.25, 0.3) is 0 Å². The molecule has 78 valence electrons. The first kappa shape index (κ1) is 11.8. The van der Waals surface area contributed by atoms with E-state index in [0.717, 1.165) is 12.5 Å². The minimum Gasteiger partial charge on any atom is -0.385 e. The highest BCUT2D eigenvalue weighted by atomic mass is 127. The van der Waals surface area contributed by atoms with Crippen LogP contribution >= 0.6 is 22.6 Å². The molecule has 0 aliphatic rings. The SMILES string of the molecule is CC(C)C(C)CNc1ccc(I)cc1. The molecule has 0 spiro atoms. The van der Waals surface area contributed by atoms with Crippen LogP contribution in [0.25, 0.3) is 0 Å². The van der Waals surface area contributed by atoms with Crippen molar-refractivity contribution in [1.29, 1.82) is 0 Å². The Morgan fingerprint density at radius 3 is 2.21 bits per heavy atom. The summed E-state index contributed by atoms with van der Waals surface area (Å²) < 4.78 is 1.28. The molecule has 0 amide bonds. The minimum atomic E-state index is 0.717. The Balaban J connectivity index is 2.42. The summed E-state index contributed by atoms with van der Waals surface area (Å²) in [4.78, 5) is 0. The van der Waals surface area contributed by atoms with Gasteiger partial charge in [0, 0.05) is 15.8 Å². The van der Waals surface area contributed by atoms with Gasteiger partial charge in [0.1, 0.15) is 0 Å². The van der Waals surface area contributed by atoms with E-state index in [1.54, 1.807) is 0 Å². The summed E-state index contributed by atoms with van der Waals surface area (Å²) in [6, 6.07) is 8.52. The van der Waals surface area contributed by atoms with Gasteiger partial charge in [-0.05, 0) is 58.7 Å². The van der Waals surface area contributed by atoms with Crippen molar-refractivity contribution in [3.8, 4) is 0 Å². The van der Waals surface area contributed by atoms with Crippen LogP contribution in [0.3, 0.4) is 0 Å². The molecule has 2 heteroatoms. The van der Waals surface area contributed by atoms with Crippen LogP contribution in [0, 0.1) is 15.4 Å². The zero-order valence-corrected chi connectivity index (χ0v) is 11.2. The van der Waals surface area contributed by atoms with Crippen LogP contribution in [-0.2, 0) is 0 Å². The van der Waals surface area contributed by atoms with E-state index in [1.165, 1.54) is 9.26 Å². The second-order valence-corrected chi connectivity index (χ2v) is 5.35. The lowest BCUT2D eigenvalue weighted by Crippen LogP contribution is -2.16. The predicted molar refractivity (Wildman–Crippen MR) is 71.7 cm³/mol. The van der Waals surface area contributed by atoms with Crippen LogP contribution in [0.15, 0.2) is 24.3 Å². The lowest BCUT2D eigenvalue weighted by molar-refractivity contribution is 0.440. The number of nitrogens with one attached hydrogen (secondary N) is 1. The number of anilines is 1. The molecule has 0 saturated carbocycles. The fourth-order valence-electron chi connectivity index (χ4n) is 1.08. The van der Waals surface area contributed by atoms with Gasteiger partial charge in [-0.25, -0.2) is 0 Å². The molecular weight excluding hydrogens is 285 g/mol. The van der Waals surface area contributed by atoms with Crippen molar-refractivity contribution < 1.29 is 0 Å². The first-order valence-corrected chi connectivity index (χ1v) is 6.17. The Hall–Kier alpha value is -0.250. The van der Waals surface area contributed by atoms with E-state index in [4.69, 9.17) is 0 Å². The first-order valence-electron chi connectivity index (χ1n) is 5.09. The van der Waals surface area contributed by atoms with Crippen molar-refractivity contribution in [1.82, 2.24) is 0 Å². The molecule has 1 unspecified atom stereocenters. The van der Waals surface area contributed by atoms with Crippen molar-refractivity contribution in [2.45, 2.75) is 20.8 Å². The van der Waals surface area contributed by atoms with Gasteiger partial charge in [-0.3, -0.25) is 0 Å². The van der Waals surface area contributed by atoms with E-state index < -0.39 is 0 Å². The number of rotatable bonds is 4. The maximum atomic E-state index is 3.45. The average molecular weight is 303 g/mol. The Labute approximate surface area is 100 Å². The maximum Gasteiger partial charge on any atom is 0.0340 e. The molecule has 1 atom stereocenters. The third-order valence-corrected chi connectivity index (χ3v) is 3.33. The van der Waals surface area contributed by atoms with E-state index in [-0.39, 0.29) is 0 Å². The van der Waals surface area contributed by atoms with Crippen molar-refractivity contribution in [2.75, 3.05) is 11.9 Å². The summed E-state index contributed by atoms with van der Waals surface area (Å²) in [5.74, 6) is 1.46. The molecule has 0 heterocycles. The van der Waals surface area contributed by atoms with Crippen LogP contribution in [0.1, 0.15) is 20.8 Å². The zero-order chi connectivity index (χ0) is 10.6. The molecule has 1 nitrogen and oxygen atoms in total. The first-order chi connectivity index (χ1) is 6.59. The van der Waals surface area contributed by atoms with Gasteiger partial charge in [-0.1, -0.05) is 20.8 Å². The summed E-state index contributed by atoms with van der Waals surface area (Å²) in [5.41, 5.74) is 1.22. The highest BCUT2D eigenvalue weighted by Gasteiger charge is 2.05. The smallest absolute Gasteiger partial charge is 0.0340 e. The third kappa shape index (κ3) is 3.86. The summed E-state index contributed by atoms with van der Waals surface area (Å²) in [5, 5.41) is 3.45. The van der Waals surface area contributed by atoms with Crippen molar-refractivity contribution in [3.63, 3.8) is 0 Å². The van der Waals surface area contributed by atoms with E-state index in [0.29, 0.717) is 5.92 Å². The van der Waals surface area contributed by atoms with Crippen LogP contribution in [-0.4, -0.2) is 6.54 Å². The van der Waals surface area contributed by atoms with Gasteiger partial charge < -0.3 is 5.32 Å². The molecule has 1 aromatic carbocycles. The Bertz CT molecular complexity index is 266. The standard InChI is InChI=1S/C12H18IN/c1-9(2)10(3)8-14-12-6-4-11(13)5-7-12/h4-7,9-10,14H,8H2,1-3H3. The van der Waals surface area contributed by atoms with Crippen LogP contribution in [0.4, 0.5) is 5.69 Å². The summed E-state index contributed by atoms with van der Waals surface area (Å²) in [7, 11) is 0. The molecule has 0 radical (unpaired) electrons. The molecular formula is C12H18IN. The molecule has 0 aliphatic carbocycles. The molecule has 1 rings (SSSR count). The molecule has 0 fully saturated rings. The van der Waals surface area contributed by atoms with Crippen molar-refractivity contribution in [2.24, 2.45) is 11.8 Å². The Morgan fingerprint density at radius 1 is 1.14 bits per heavy atom. The second-order valence-electron chi connectivity index (χ2n) is 4.11. The topological polar surface area (TPSA) is 12.0 Å². The lowest BCUT2D eigenvalue weighted by Gasteiger charge is -2.16.